The minimum atomic E-state index is 0.648. The molecule has 1 saturated heterocycles. The standard InChI is InChI=1S/C9H20N2S/c1-2-3-4-11-5-6-12-8-9(11)7-10/h9H,2-8,10H2,1H3. The molecule has 0 aromatic rings. The Labute approximate surface area is 79.9 Å². The first-order valence-electron chi connectivity index (χ1n) is 4.90. The van der Waals surface area contributed by atoms with Crippen LogP contribution in [-0.2, 0) is 0 Å². The summed E-state index contributed by atoms with van der Waals surface area (Å²) in [5, 5.41) is 0. The van der Waals surface area contributed by atoms with E-state index in [9.17, 15) is 0 Å². The number of unbranched alkanes of at least 4 members (excludes halogenated alkanes) is 1. The van der Waals surface area contributed by atoms with Crippen LogP contribution in [0.3, 0.4) is 0 Å². The number of hydrogen-bond donors (Lipinski definition) is 1. The molecule has 1 aliphatic heterocycles. The molecule has 1 unspecified atom stereocenters. The average Bonchev–Trinajstić information content (AvgIpc) is 2.15. The number of rotatable bonds is 4. The Morgan fingerprint density at radius 2 is 2.42 bits per heavy atom. The molecule has 0 radical (unpaired) electrons. The van der Waals surface area contributed by atoms with Crippen LogP contribution >= 0.6 is 11.8 Å². The molecule has 0 aromatic carbocycles. The summed E-state index contributed by atoms with van der Waals surface area (Å²) in [6.45, 7) is 5.57. The molecule has 0 aliphatic carbocycles. The van der Waals surface area contributed by atoms with Crippen molar-refractivity contribution >= 4 is 11.8 Å². The summed E-state index contributed by atoms with van der Waals surface area (Å²) in [5.74, 6) is 2.53. The molecule has 0 spiro atoms. The first kappa shape index (κ1) is 10.4. The average molecular weight is 188 g/mol. The maximum absolute atomic E-state index is 5.71. The third-order valence-electron chi connectivity index (χ3n) is 2.42. The second kappa shape index (κ2) is 5.84. The van der Waals surface area contributed by atoms with Crippen LogP contribution in [0.1, 0.15) is 19.8 Å². The van der Waals surface area contributed by atoms with Gasteiger partial charge in [-0.3, -0.25) is 4.90 Å². The molecule has 1 fully saturated rings. The van der Waals surface area contributed by atoms with E-state index in [-0.39, 0.29) is 0 Å². The van der Waals surface area contributed by atoms with E-state index in [2.05, 4.69) is 11.8 Å². The molecule has 2 N–H and O–H groups in total. The normalized spacial score (nSPS) is 26.0. The Morgan fingerprint density at radius 3 is 3.08 bits per heavy atom. The minimum Gasteiger partial charge on any atom is -0.329 e. The highest BCUT2D eigenvalue weighted by atomic mass is 32.2. The van der Waals surface area contributed by atoms with Crippen molar-refractivity contribution in [2.45, 2.75) is 25.8 Å². The maximum Gasteiger partial charge on any atom is 0.0309 e. The van der Waals surface area contributed by atoms with Crippen molar-refractivity contribution in [1.82, 2.24) is 4.90 Å². The molecular weight excluding hydrogens is 168 g/mol. The molecule has 0 bridgehead atoms. The predicted molar refractivity (Wildman–Crippen MR) is 56.6 cm³/mol. The van der Waals surface area contributed by atoms with Gasteiger partial charge in [0.05, 0.1) is 0 Å². The van der Waals surface area contributed by atoms with Gasteiger partial charge in [0.2, 0.25) is 0 Å². The highest BCUT2D eigenvalue weighted by molar-refractivity contribution is 7.99. The fourth-order valence-corrected chi connectivity index (χ4v) is 2.71. The van der Waals surface area contributed by atoms with Gasteiger partial charge >= 0.3 is 0 Å². The van der Waals surface area contributed by atoms with Crippen LogP contribution in [0.4, 0.5) is 0 Å². The first-order chi connectivity index (χ1) is 5.88. The van der Waals surface area contributed by atoms with Gasteiger partial charge in [-0.05, 0) is 13.0 Å². The molecule has 0 saturated carbocycles. The van der Waals surface area contributed by atoms with Gasteiger partial charge in [0, 0.05) is 30.6 Å². The number of nitrogens with two attached hydrogens (primary N) is 1. The van der Waals surface area contributed by atoms with Crippen LogP contribution in [-0.4, -0.2) is 42.1 Å². The second-order valence-electron chi connectivity index (χ2n) is 3.35. The van der Waals surface area contributed by atoms with E-state index in [1.165, 1.54) is 37.4 Å². The van der Waals surface area contributed by atoms with Crippen molar-refractivity contribution < 1.29 is 0 Å². The summed E-state index contributed by atoms with van der Waals surface area (Å²) in [7, 11) is 0. The number of hydrogen-bond acceptors (Lipinski definition) is 3. The summed E-state index contributed by atoms with van der Waals surface area (Å²) in [6, 6.07) is 0.648. The zero-order valence-electron chi connectivity index (χ0n) is 7.96. The Hall–Kier alpha value is 0.270. The summed E-state index contributed by atoms with van der Waals surface area (Å²) < 4.78 is 0. The van der Waals surface area contributed by atoms with E-state index in [4.69, 9.17) is 5.73 Å². The van der Waals surface area contributed by atoms with Gasteiger partial charge in [0.25, 0.3) is 0 Å². The van der Waals surface area contributed by atoms with Gasteiger partial charge in [-0.2, -0.15) is 11.8 Å². The Morgan fingerprint density at radius 1 is 1.58 bits per heavy atom. The Bertz CT molecular complexity index is 119. The number of nitrogens with zero attached hydrogens (tertiary/aromatic N) is 1. The van der Waals surface area contributed by atoms with Crippen molar-refractivity contribution in [2.24, 2.45) is 5.73 Å². The zero-order valence-corrected chi connectivity index (χ0v) is 8.78. The Kier molecular flexibility index (Phi) is 5.04. The van der Waals surface area contributed by atoms with Crippen LogP contribution in [0, 0.1) is 0 Å². The van der Waals surface area contributed by atoms with Crippen LogP contribution in [0.15, 0.2) is 0 Å². The molecule has 3 heteroatoms. The van der Waals surface area contributed by atoms with Crippen LogP contribution in [0.2, 0.25) is 0 Å². The summed E-state index contributed by atoms with van der Waals surface area (Å²) in [5.41, 5.74) is 5.71. The maximum atomic E-state index is 5.71. The number of thioether (sulfide) groups is 1. The second-order valence-corrected chi connectivity index (χ2v) is 4.50. The van der Waals surface area contributed by atoms with Crippen molar-refractivity contribution in [2.75, 3.05) is 31.1 Å². The van der Waals surface area contributed by atoms with Gasteiger partial charge in [0.1, 0.15) is 0 Å². The Balaban J connectivity index is 2.26. The van der Waals surface area contributed by atoms with E-state index in [0.29, 0.717) is 6.04 Å². The van der Waals surface area contributed by atoms with E-state index >= 15 is 0 Å². The quantitative estimate of drug-likeness (QED) is 0.718. The smallest absolute Gasteiger partial charge is 0.0309 e. The van der Waals surface area contributed by atoms with Crippen LogP contribution < -0.4 is 5.73 Å². The first-order valence-corrected chi connectivity index (χ1v) is 6.05. The van der Waals surface area contributed by atoms with E-state index in [0.717, 1.165) is 6.54 Å². The highest BCUT2D eigenvalue weighted by Gasteiger charge is 2.19. The lowest BCUT2D eigenvalue weighted by Gasteiger charge is -2.34. The molecule has 12 heavy (non-hydrogen) atoms. The van der Waals surface area contributed by atoms with Gasteiger partial charge in [0.15, 0.2) is 0 Å². The SMILES string of the molecule is CCCCN1CCSCC1CN. The molecular formula is C9H20N2S. The monoisotopic (exact) mass is 188 g/mol. The van der Waals surface area contributed by atoms with Crippen molar-refractivity contribution in [3.05, 3.63) is 0 Å². The lowest BCUT2D eigenvalue weighted by molar-refractivity contribution is 0.220. The van der Waals surface area contributed by atoms with Gasteiger partial charge in [-0.15, -0.1) is 0 Å². The van der Waals surface area contributed by atoms with Crippen molar-refractivity contribution in [1.29, 1.82) is 0 Å². The van der Waals surface area contributed by atoms with E-state index < -0.39 is 0 Å². The lowest BCUT2D eigenvalue weighted by atomic mass is 10.2. The zero-order chi connectivity index (χ0) is 8.81. The van der Waals surface area contributed by atoms with Crippen molar-refractivity contribution in [3.63, 3.8) is 0 Å². The van der Waals surface area contributed by atoms with E-state index in [1.807, 2.05) is 11.8 Å². The molecule has 72 valence electrons. The topological polar surface area (TPSA) is 29.3 Å². The molecule has 1 aliphatic rings. The van der Waals surface area contributed by atoms with Crippen molar-refractivity contribution in [3.8, 4) is 0 Å². The fourth-order valence-electron chi connectivity index (χ4n) is 1.56. The molecule has 2 nitrogen and oxygen atoms in total. The molecule has 1 heterocycles. The van der Waals surface area contributed by atoms with Crippen LogP contribution in [0.5, 0.6) is 0 Å². The molecule has 1 atom stereocenters. The van der Waals surface area contributed by atoms with Gasteiger partial charge < -0.3 is 5.73 Å². The molecule has 0 aromatic heterocycles. The highest BCUT2D eigenvalue weighted by Crippen LogP contribution is 2.15. The largest absolute Gasteiger partial charge is 0.329 e. The van der Waals surface area contributed by atoms with Gasteiger partial charge in [-0.1, -0.05) is 13.3 Å². The minimum absolute atomic E-state index is 0.648. The van der Waals surface area contributed by atoms with Gasteiger partial charge in [-0.25, -0.2) is 0 Å². The third kappa shape index (κ3) is 2.96. The predicted octanol–water partition coefficient (Wildman–Crippen LogP) is 1.16. The van der Waals surface area contributed by atoms with E-state index in [1.54, 1.807) is 0 Å². The van der Waals surface area contributed by atoms with Crippen LogP contribution in [0.25, 0.3) is 0 Å². The lowest BCUT2D eigenvalue weighted by Crippen LogP contribution is -2.46. The summed E-state index contributed by atoms with van der Waals surface area (Å²) in [4.78, 5) is 2.56. The fraction of sp³-hybridized carbons (Fsp3) is 1.00. The summed E-state index contributed by atoms with van der Waals surface area (Å²) >= 11 is 2.04. The third-order valence-corrected chi connectivity index (χ3v) is 3.51. The molecule has 0 amide bonds. The molecule has 1 rings (SSSR count). The summed E-state index contributed by atoms with van der Waals surface area (Å²) in [6.07, 6.45) is 2.61.